The predicted molar refractivity (Wildman–Crippen MR) is 105 cm³/mol. The number of hydrogen-bond acceptors (Lipinski definition) is 2. The van der Waals surface area contributed by atoms with E-state index in [9.17, 15) is 8.78 Å². The Kier molecular flexibility index (Phi) is 4.34. The summed E-state index contributed by atoms with van der Waals surface area (Å²) in [6, 6.07) is 9.61. The Labute approximate surface area is 161 Å². The maximum Gasteiger partial charge on any atom is 0.163 e. The number of aromatic amines is 1. The molecule has 4 aromatic rings. The molecule has 2 aromatic carbocycles. The van der Waals surface area contributed by atoms with Crippen molar-refractivity contribution in [2.75, 3.05) is 0 Å². The molecule has 0 amide bonds. The van der Waals surface area contributed by atoms with E-state index in [4.69, 9.17) is 0 Å². The second-order valence-corrected chi connectivity index (χ2v) is 7.11. The zero-order valence-corrected chi connectivity index (χ0v) is 16.1. The van der Waals surface area contributed by atoms with E-state index in [0.717, 1.165) is 34.3 Å². The van der Waals surface area contributed by atoms with Crippen LogP contribution in [-0.4, -0.2) is 19.7 Å². The number of rotatable bonds is 3. The molecule has 2 heterocycles. The van der Waals surface area contributed by atoms with Crippen molar-refractivity contribution < 1.29 is 8.78 Å². The van der Waals surface area contributed by atoms with E-state index >= 15 is 0 Å². The van der Waals surface area contributed by atoms with E-state index in [0.29, 0.717) is 11.5 Å². The lowest BCUT2D eigenvalue weighted by Crippen LogP contribution is -2.02. The van der Waals surface area contributed by atoms with Crippen LogP contribution in [0.3, 0.4) is 0 Å². The van der Waals surface area contributed by atoms with Crippen LogP contribution in [0.5, 0.6) is 0 Å². The number of halogens is 2. The summed E-state index contributed by atoms with van der Waals surface area (Å²) in [5.41, 5.74) is 6.55. The summed E-state index contributed by atoms with van der Waals surface area (Å²) < 4.78 is 29.7. The van der Waals surface area contributed by atoms with E-state index in [-0.39, 0.29) is 5.56 Å². The van der Waals surface area contributed by atoms with Crippen LogP contribution in [0.25, 0.3) is 28.5 Å². The highest BCUT2D eigenvalue weighted by atomic mass is 19.1. The van der Waals surface area contributed by atoms with Crippen molar-refractivity contribution in [2.24, 2.45) is 0 Å². The molecule has 1 N–H and O–H groups in total. The van der Waals surface area contributed by atoms with Gasteiger partial charge in [0.15, 0.2) is 5.82 Å². The van der Waals surface area contributed by atoms with Gasteiger partial charge in [0.05, 0.1) is 17.1 Å². The fourth-order valence-corrected chi connectivity index (χ4v) is 3.66. The van der Waals surface area contributed by atoms with Gasteiger partial charge in [-0.15, -0.1) is 0 Å². The zero-order valence-electron chi connectivity index (χ0n) is 16.1. The van der Waals surface area contributed by atoms with Gasteiger partial charge in [-0.05, 0) is 57.0 Å². The number of hydrogen-bond donors (Lipinski definition) is 1. The van der Waals surface area contributed by atoms with Crippen molar-refractivity contribution >= 4 is 0 Å². The predicted octanol–water partition coefficient (Wildman–Crippen LogP) is 5.44. The van der Waals surface area contributed by atoms with Crippen LogP contribution in [0.1, 0.15) is 22.4 Å². The smallest absolute Gasteiger partial charge is 0.163 e. The zero-order chi connectivity index (χ0) is 20.0. The minimum atomic E-state index is -0.644. The molecule has 0 saturated heterocycles. The number of nitrogens with one attached hydrogen (secondary N) is 1. The maximum atomic E-state index is 14.4. The van der Waals surface area contributed by atoms with E-state index < -0.39 is 11.6 Å². The molecule has 0 aliphatic carbocycles. The first-order chi connectivity index (χ1) is 13.3. The van der Waals surface area contributed by atoms with Crippen LogP contribution in [0.4, 0.5) is 8.78 Å². The summed E-state index contributed by atoms with van der Waals surface area (Å²) in [4.78, 5) is 4.66. The molecule has 0 unspecified atom stereocenters. The summed E-state index contributed by atoms with van der Waals surface area (Å²) in [7, 11) is 0. The molecule has 0 aliphatic heterocycles. The second kappa shape index (κ2) is 6.71. The number of aryl methyl sites for hydroxylation is 4. The van der Waals surface area contributed by atoms with Gasteiger partial charge in [0.2, 0.25) is 0 Å². The van der Waals surface area contributed by atoms with Crippen molar-refractivity contribution in [2.45, 2.75) is 27.7 Å². The minimum absolute atomic E-state index is 0.250. The first-order valence-corrected chi connectivity index (χ1v) is 8.99. The van der Waals surface area contributed by atoms with Crippen LogP contribution >= 0.6 is 0 Å². The van der Waals surface area contributed by atoms with Gasteiger partial charge in [-0.2, -0.15) is 5.10 Å². The van der Waals surface area contributed by atoms with E-state index in [2.05, 4.69) is 34.2 Å². The quantitative estimate of drug-likeness (QED) is 0.516. The molecular weight excluding hydrogens is 358 g/mol. The molecule has 6 heteroatoms. The van der Waals surface area contributed by atoms with E-state index in [1.54, 1.807) is 6.20 Å². The Balaban J connectivity index is 1.98. The van der Waals surface area contributed by atoms with Crippen molar-refractivity contribution in [1.82, 2.24) is 19.7 Å². The largest absolute Gasteiger partial charge is 0.297 e. The van der Waals surface area contributed by atoms with Gasteiger partial charge in [0.1, 0.15) is 17.3 Å². The van der Waals surface area contributed by atoms with Crippen LogP contribution in [0.15, 0.2) is 42.6 Å². The van der Waals surface area contributed by atoms with Crippen molar-refractivity contribution in [3.05, 3.63) is 76.6 Å². The van der Waals surface area contributed by atoms with Gasteiger partial charge < -0.3 is 0 Å². The highest BCUT2D eigenvalue weighted by Gasteiger charge is 2.19. The summed E-state index contributed by atoms with van der Waals surface area (Å²) in [6.07, 6.45) is 1.78. The molecular formula is C22H20F2N4. The first-order valence-electron chi connectivity index (χ1n) is 8.99. The van der Waals surface area contributed by atoms with E-state index in [1.807, 2.05) is 31.4 Å². The Bertz CT molecular complexity index is 1160. The summed E-state index contributed by atoms with van der Waals surface area (Å²) in [5.74, 6) is -0.640. The summed E-state index contributed by atoms with van der Waals surface area (Å²) >= 11 is 0. The molecule has 2 aromatic heterocycles. The SMILES string of the molecule is Cc1cc(C)c(-n2cc(-c3ccc(F)cc3F)nc2-c2cc(C)n[nH]2)c(C)c1. The first kappa shape index (κ1) is 18.1. The molecule has 0 bridgehead atoms. The monoisotopic (exact) mass is 378 g/mol. The molecule has 142 valence electrons. The van der Waals surface area contributed by atoms with Gasteiger partial charge in [-0.1, -0.05) is 17.7 Å². The summed E-state index contributed by atoms with van der Waals surface area (Å²) in [6.45, 7) is 8.01. The van der Waals surface area contributed by atoms with Crippen molar-refractivity contribution in [3.8, 4) is 28.5 Å². The van der Waals surface area contributed by atoms with E-state index in [1.165, 1.54) is 17.7 Å². The van der Waals surface area contributed by atoms with Gasteiger partial charge >= 0.3 is 0 Å². The summed E-state index contributed by atoms with van der Waals surface area (Å²) in [5, 5.41) is 7.18. The van der Waals surface area contributed by atoms with Crippen LogP contribution in [0, 0.1) is 39.3 Å². The second-order valence-electron chi connectivity index (χ2n) is 7.11. The Morgan fingerprint density at radius 2 is 1.64 bits per heavy atom. The van der Waals surface area contributed by atoms with Gasteiger partial charge in [0.25, 0.3) is 0 Å². The number of benzene rings is 2. The molecule has 0 saturated carbocycles. The Morgan fingerprint density at radius 1 is 0.929 bits per heavy atom. The lowest BCUT2D eigenvalue weighted by Gasteiger charge is -2.14. The highest BCUT2D eigenvalue weighted by Crippen LogP contribution is 2.31. The topological polar surface area (TPSA) is 46.5 Å². The van der Waals surface area contributed by atoms with Crippen molar-refractivity contribution in [3.63, 3.8) is 0 Å². The third-order valence-electron chi connectivity index (χ3n) is 4.74. The highest BCUT2D eigenvalue weighted by molar-refractivity contribution is 5.67. The third-order valence-corrected chi connectivity index (χ3v) is 4.74. The van der Waals surface area contributed by atoms with Crippen LogP contribution in [0.2, 0.25) is 0 Å². The molecule has 0 aliphatic rings. The molecule has 4 nitrogen and oxygen atoms in total. The normalized spacial score (nSPS) is 11.2. The molecule has 0 spiro atoms. The number of aromatic nitrogens is 4. The number of nitrogens with zero attached hydrogens (tertiary/aromatic N) is 3. The van der Waals surface area contributed by atoms with Gasteiger partial charge in [-0.25, -0.2) is 13.8 Å². The van der Waals surface area contributed by atoms with Crippen LogP contribution in [-0.2, 0) is 0 Å². The molecule has 4 rings (SSSR count). The van der Waals surface area contributed by atoms with Gasteiger partial charge in [0, 0.05) is 17.8 Å². The van der Waals surface area contributed by atoms with Crippen LogP contribution < -0.4 is 0 Å². The molecule has 0 atom stereocenters. The Hall–Kier alpha value is -3.28. The maximum absolute atomic E-state index is 14.4. The fraction of sp³-hybridized carbons (Fsp3) is 0.182. The number of imidazole rings is 1. The third kappa shape index (κ3) is 3.11. The van der Waals surface area contributed by atoms with Gasteiger partial charge in [-0.3, -0.25) is 9.67 Å². The Morgan fingerprint density at radius 3 is 2.25 bits per heavy atom. The standard InChI is InChI=1S/C22H20F2N4/c1-12-7-13(2)21(14(3)8-12)28-11-20(17-6-5-16(23)10-18(17)24)25-22(28)19-9-15(4)26-27-19/h5-11H,1-4H3,(H,26,27). The molecule has 28 heavy (non-hydrogen) atoms. The average molecular weight is 378 g/mol. The number of H-pyrrole nitrogens is 1. The van der Waals surface area contributed by atoms with Crippen molar-refractivity contribution in [1.29, 1.82) is 0 Å². The molecule has 0 fully saturated rings. The lowest BCUT2D eigenvalue weighted by molar-refractivity contribution is 0.585. The lowest BCUT2D eigenvalue weighted by atomic mass is 10.0. The molecule has 0 radical (unpaired) electrons. The fourth-order valence-electron chi connectivity index (χ4n) is 3.66. The minimum Gasteiger partial charge on any atom is -0.297 e. The average Bonchev–Trinajstić information content (AvgIpc) is 3.20.